The summed E-state index contributed by atoms with van der Waals surface area (Å²) in [7, 11) is 0. The van der Waals surface area contributed by atoms with E-state index in [9.17, 15) is 0 Å². The van der Waals surface area contributed by atoms with E-state index in [-0.39, 0.29) is 0 Å². The number of allylic oxidation sites excluding steroid dienone is 2. The molecular weight excluding hydrogens is 581 g/mol. The Kier molecular flexibility index (Phi) is 6.90. The van der Waals surface area contributed by atoms with E-state index in [2.05, 4.69) is 181 Å². The molecule has 2 unspecified atom stereocenters. The van der Waals surface area contributed by atoms with Gasteiger partial charge in [-0.25, -0.2) is 0 Å². The minimum atomic E-state index is 0.330. The Balaban J connectivity index is 0.963. The highest BCUT2D eigenvalue weighted by Crippen LogP contribution is 2.47. The second kappa shape index (κ2) is 11.6. The molecule has 7 aromatic rings. The van der Waals surface area contributed by atoms with Crippen molar-refractivity contribution in [1.29, 1.82) is 0 Å². The lowest BCUT2D eigenvalue weighted by molar-refractivity contribution is 0.744. The molecule has 0 amide bonds. The summed E-state index contributed by atoms with van der Waals surface area (Å²) >= 11 is 0. The molecule has 232 valence electrons. The quantitative estimate of drug-likeness (QED) is 0.180. The molecule has 1 aliphatic heterocycles. The van der Waals surface area contributed by atoms with Gasteiger partial charge in [-0.15, -0.1) is 0 Å². The van der Waals surface area contributed by atoms with Crippen molar-refractivity contribution < 1.29 is 0 Å². The highest BCUT2D eigenvalue weighted by atomic mass is 15.2. The number of nitrogens with zero attached hydrogens (tertiary/aromatic N) is 2. The molecule has 2 heteroatoms. The van der Waals surface area contributed by atoms with Gasteiger partial charge in [0.15, 0.2) is 0 Å². The Labute approximate surface area is 282 Å². The van der Waals surface area contributed by atoms with Crippen molar-refractivity contribution in [1.82, 2.24) is 4.57 Å². The molecular formula is C46H38N2. The minimum Gasteiger partial charge on any atom is -0.333 e. The van der Waals surface area contributed by atoms with Crippen molar-refractivity contribution in [2.24, 2.45) is 0 Å². The molecule has 0 N–H and O–H groups in total. The van der Waals surface area contributed by atoms with Gasteiger partial charge in [0, 0.05) is 33.8 Å². The topological polar surface area (TPSA) is 8.17 Å². The van der Waals surface area contributed by atoms with Crippen LogP contribution < -0.4 is 4.90 Å². The normalized spacial score (nSPS) is 16.5. The maximum absolute atomic E-state index is 2.51. The van der Waals surface area contributed by atoms with E-state index >= 15 is 0 Å². The van der Waals surface area contributed by atoms with Crippen molar-refractivity contribution >= 4 is 33.2 Å². The van der Waals surface area contributed by atoms with Crippen LogP contribution in [0.4, 0.5) is 11.4 Å². The second-order valence-corrected chi connectivity index (χ2v) is 13.5. The molecule has 2 atom stereocenters. The van der Waals surface area contributed by atoms with E-state index in [4.69, 9.17) is 0 Å². The molecule has 2 aliphatic rings. The molecule has 0 fully saturated rings. The Morgan fingerprint density at radius 2 is 1.06 bits per heavy atom. The third kappa shape index (κ3) is 4.79. The average molecular weight is 619 g/mol. The fourth-order valence-corrected chi connectivity index (χ4v) is 8.10. The minimum absolute atomic E-state index is 0.330. The third-order valence-electron chi connectivity index (χ3n) is 10.5. The van der Waals surface area contributed by atoms with Crippen molar-refractivity contribution in [3.63, 3.8) is 0 Å². The molecule has 2 nitrogen and oxygen atoms in total. The van der Waals surface area contributed by atoms with Crippen LogP contribution in [0, 0.1) is 13.8 Å². The van der Waals surface area contributed by atoms with Crippen LogP contribution in [0.3, 0.4) is 0 Å². The first kappa shape index (κ1) is 28.6. The van der Waals surface area contributed by atoms with Gasteiger partial charge < -0.3 is 9.47 Å². The predicted octanol–water partition coefficient (Wildman–Crippen LogP) is 11.3. The SMILES string of the molecule is Cc1cc(C)c(Cc2ccc(-n3c4ccccc4c4ccccc43)cc2)cc1Cc1ccc(N2c3ccccc3C3C=CC=CC32)cc1. The summed E-state index contributed by atoms with van der Waals surface area (Å²) in [6.45, 7) is 4.51. The Bertz CT molecular complexity index is 2320. The highest BCUT2D eigenvalue weighted by molar-refractivity contribution is 6.09. The van der Waals surface area contributed by atoms with Gasteiger partial charge in [-0.2, -0.15) is 0 Å². The molecule has 0 saturated heterocycles. The number of fused-ring (bicyclic) bond motifs is 6. The monoisotopic (exact) mass is 618 g/mol. The lowest BCUT2D eigenvalue weighted by Crippen LogP contribution is -2.28. The van der Waals surface area contributed by atoms with E-state index < -0.39 is 0 Å². The molecule has 6 aromatic carbocycles. The largest absolute Gasteiger partial charge is 0.333 e. The zero-order chi connectivity index (χ0) is 32.2. The maximum atomic E-state index is 2.51. The van der Waals surface area contributed by atoms with Crippen LogP contribution in [0.25, 0.3) is 27.5 Å². The van der Waals surface area contributed by atoms with E-state index in [1.165, 1.54) is 77.8 Å². The number of benzene rings is 6. The molecule has 2 heterocycles. The van der Waals surface area contributed by atoms with Gasteiger partial charge in [-0.05, 0) is 108 Å². The molecule has 1 aromatic heterocycles. The van der Waals surface area contributed by atoms with E-state index in [0.717, 1.165) is 12.8 Å². The van der Waals surface area contributed by atoms with Gasteiger partial charge in [-0.3, -0.25) is 0 Å². The predicted molar refractivity (Wildman–Crippen MR) is 202 cm³/mol. The number of aryl methyl sites for hydroxylation is 2. The summed E-state index contributed by atoms with van der Waals surface area (Å²) in [4.78, 5) is 2.51. The summed E-state index contributed by atoms with van der Waals surface area (Å²) in [6.07, 6.45) is 10.9. The first-order valence-electron chi connectivity index (χ1n) is 17.1. The maximum Gasteiger partial charge on any atom is 0.0629 e. The summed E-state index contributed by atoms with van der Waals surface area (Å²) in [6, 6.07) is 49.8. The van der Waals surface area contributed by atoms with E-state index in [1.807, 2.05) is 0 Å². The number of anilines is 2. The zero-order valence-electron chi connectivity index (χ0n) is 27.5. The smallest absolute Gasteiger partial charge is 0.0629 e. The highest BCUT2D eigenvalue weighted by Gasteiger charge is 2.36. The fourth-order valence-electron chi connectivity index (χ4n) is 8.10. The summed E-state index contributed by atoms with van der Waals surface area (Å²) in [5.41, 5.74) is 15.9. The van der Waals surface area contributed by atoms with Gasteiger partial charge >= 0.3 is 0 Å². The van der Waals surface area contributed by atoms with Crippen LogP contribution in [0.15, 0.2) is 158 Å². The van der Waals surface area contributed by atoms with Gasteiger partial charge in [0.2, 0.25) is 0 Å². The molecule has 0 spiro atoms. The Morgan fingerprint density at radius 3 is 1.71 bits per heavy atom. The number of hydrogen-bond donors (Lipinski definition) is 0. The summed E-state index contributed by atoms with van der Waals surface area (Å²) in [5, 5.41) is 2.59. The number of hydrogen-bond acceptors (Lipinski definition) is 1. The summed E-state index contributed by atoms with van der Waals surface area (Å²) in [5.74, 6) is 0.407. The van der Waals surface area contributed by atoms with Gasteiger partial charge in [0.1, 0.15) is 0 Å². The lowest BCUT2D eigenvalue weighted by Gasteiger charge is -2.28. The molecule has 0 saturated carbocycles. The van der Waals surface area contributed by atoms with Crippen molar-refractivity contribution in [2.75, 3.05) is 4.90 Å². The Morgan fingerprint density at radius 1 is 0.521 bits per heavy atom. The first-order chi connectivity index (χ1) is 23.6. The molecule has 48 heavy (non-hydrogen) atoms. The summed E-state index contributed by atoms with van der Waals surface area (Å²) < 4.78 is 2.39. The van der Waals surface area contributed by atoms with Crippen molar-refractivity contribution in [2.45, 2.75) is 38.6 Å². The van der Waals surface area contributed by atoms with Crippen LogP contribution in [-0.4, -0.2) is 10.6 Å². The van der Waals surface area contributed by atoms with Crippen LogP contribution in [-0.2, 0) is 12.8 Å². The number of rotatable bonds is 6. The van der Waals surface area contributed by atoms with Gasteiger partial charge in [0.05, 0.1) is 17.1 Å². The van der Waals surface area contributed by atoms with Gasteiger partial charge in [-0.1, -0.05) is 115 Å². The van der Waals surface area contributed by atoms with Crippen LogP contribution in [0.1, 0.15) is 44.9 Å². The lowest BCUT2D eigenvalue weighted by atomic mass is 9.91. The molecule has 0 radical (unpaired) electrons. The number of aromatic nitrogens is 1. The van der Waals surface area contributed by atoms with E-state index in [1.54, 1.807) is 0 Å². The molecule has 9 rings (SSSR count). The van der Waals surface area contributed by atoms with Gasteiger partial charge in [0.25, 0.3) is 0 Å². The van der Waals surface area contributed by atoms with Crippen LogP contribution in [0.2, 0.25) is 0 Å². The Hall–Kier alpha value is -5.60. The van der Waals surface area contributed by atoms with Crippen LogP contribution in [0.5, 0.6) is 0 Å². The third-order valence-corrected chi connectivity index (χ3v) is 10.5. The van der Waals surface area contributed by atoms with Crippen LogP contribution >= 0.6 is 0 Å². The fraction of sp³-hybridized carbons (Fsp3) is 0.130. The molecule has 1 aliphatic carbocycles. The zero-order valence-corrected chi connectivity index (χ0v) is 27.5. The van der Waals surface area contributed by atoms with Crippen molar-refractivity contribution in [3.05, 3.63) is 197 Å². The number of para-hydroxylation sites is 3. The second-order valence-electron chi connectivity index (χ2n) is 13.5. The average Bonchev–Trinajstić information content (AvgIpc) is 3.64. The first-order valence-corrected chi connectivity index (χ1v) is 17.1. The van der Waals surface area contributed by atoms with E-state index in [0.29, 0.717) is 12.0 Å². The molecule has 0 bridgehead atoms. The standard InChI is InChI=1S/C46H38N2/c1-31-27-32(2)36(29-34-21-25-38(26-22-34)48-45-17-9-5-13-41(45)42-14-6-10-18-46(42)48)30-35(31)28-33-19-23-37(24-20-33)47-43-15-7-3-11-39(43)40-12-4-8-16-44(40)47/h3-27,30,39,43H,28-29H2,1-2H3. The van der Waals surface area contributed by atoms with Crippen molar-refractivity contribution in [3.8, 4) is 5.69 Å².